The summed E-state index contributed by atoms with van der Waals surface area (Å²) in [6.07, 6.45) is -3.92. The molecule has 1 atom stereocenters. The molecule has 5 nitrogen and oxygen atoms in total. The summed E-state index contributed by atoms with van der Waals surface area (Å²) in [6.45, 7) is 1.84. The van der Waals surface area contributed by atoms with Crippen molar-refractivity contribution in [2.75, 3.05) is 5.32 Å². The van der Waals surface area contributed by atoms with Gasteiger partial charge < -0.3 is 9.84 Å². The highest BCUT2D eigenvalue weighted by molar-refractivity contribution is 7.09. The Balaban J connectivity index is 1.76. The van der Waals surface area contributed by atoms with Crippen LogP contribution in [0.5, 0.6) is 0 Å². The maximum atomic E-state index is 12.7. The minimum Gasteiger partial charge on any atom is -0.342 e. The van der Waals surface area contributed by atoms with Gasteiger partial charge in [0.05, 0.1) is 6.04 Å². The summed E-state index contributed by atoms with van der Waals surface area (Å²) in [4.78, 5) is 7.87. The summed E-state index contributed by atoms with van der Waals surface area (Å²) in [6, 6.07) is 8.78. The smallest absolute Gasteiger partial charge is 0.342 e. The molecule has 0 bridgehead atoms. The van der Waals surface area contributed by atoms with Crippen LogP contribution in [0, 0.1) is 0 Å². The van der Waals surface area contributed by atoms with Crippen molar-refractivity contribution in [1.29, 1.82) is 0 Å². The number of nitrogens with zero attached hydrogens (tertiary/aromatic N) is 3. The lowest BCUT2D eigenvalue weighted by molar-refractivity contribution is -0.140. The van der Waals surface area contributed by atoms with Crippen LogP contribution in [0.1, 0.15) is 30.1 Å². The first-order chi connectivity index (χ1) is 11.5. The van der Waals surface area contributed by atoms with Crippen LogP contribution in [0.2, 0.25) is 0 Å². The van der Waals surface area contributed by atoms with Gasteiger partial charge in [0, 0.05) is 10.9 Å². The van der Waals surface area contributed by atoms with Crippen molar-refractivity contribution in [1.82, 2.24) is 15.1 Å². The molecular weight excluding hydrogens is 341 g/mol. The Morgan fingerprint density at radius 2 is 1.96 bits per heavy atom. The lowest BCUT2D eigenvalue weighted by Gasteiger charge is -2.12. The van der Waals surface area contributed by atoms with Crippen molar-refractivity contribution in [3.05, 3.63) is 46.4 Å². The molecule has 3 rings (SSSR count). The van der Waals surface area contributed by atoms with Gasteiger partial charge in [-0.05, 0) is 23.7 Å². The molecule has 0 radical (unpaired) electrons. The van der Waals surface area contributed by atoms with Crippen molar-refractivity contribution in [3.8, 4) is 11.5 Å². The predicted octanol–water partition coefficient (Wildman–Crippen LogP) is 4.78. The fourth-order valence-corrected chi connectivity index (χ4v) is 3.01. The zero-order valence-corrected chi connectivity index (χ0v) is 13.4. The average molecular weight is 354 g/mol. The molecule has 0 saturated carbocycles. The molecule has 0 saturated heterocycles. The van der Waals surface area contributed by atoms with Crippen LogP contribution >= 0.6 is 11.3 Å². The second-order valence-electron chi connectivity index (χ2n) is 4.96. The van der Waals surface area contributed by atoms with E-state index in [1.165, 1.54) is 0 Å². The molecule has 2 aromatic heterocycles. The number of nitrogens with one attached hydrogen (secondary N) is 1. The minimum absolute atomic E-state index is 0.212. The van der Waals surface area contributed by atoms with E-state index in [1.807, 2.05) is 37.3 Å². The van der Waals surface area contributed by atoms with Gasteiger partial charge in [-0.2, -0.15) is 18.2 Å². The highest BCUT2D eigenvalue weighted by Gasteiger charge is 2.34. The third kappa shape index (κ3) is 3.56. The molecule has 1 N–H and O–H groups in total. The van der Waals surface area contributed by atoms with Crippen molar-refractivity contribution in [2.24, 2.45) is 0 Å². The molecule has 1 aromatic carbocycles. The number of anilines is 1. The fourth-order valence-electron chi connectivity index (χ4n) is 2.05. The topological polar surface area (TPSA) is 63.8 Å². The van der Waals surface area contributed by atoms with Gasteiger partial charge in [0.2, 0.25) is 0 Å². The van der Waals surface area contributed by atoms with Crippen LogP contribution in [0.3, 0.4) is 0 Å². The van der Waals surface area contributed by atoms with Gasteiger partial charge in [-0.1, -0.05) is 25.1 Å². The number of benzene rings is 1. The molecule has 126 valence electrons. The number of hydrogen-bond acceptors (Lipinski definition) is 6. The van der Waals surface area contributed by atoms with Crippen molar-refractivity contribution in [3.63, 3.8) is 0 Å². The molecule has 3 aromatic rings. The van der Waals surface area contributed by atoms with Gasteiger partial charge in [0.1, 0.15) is 5.01 Å². The monoisotopic (exact) mass is 354 g/mol. The van der Waals surface area contributed by atoms with Crippen LogP contribution < -0.4 is 5.32 Å². The van der Waals surface area contributed by atoms with Gasteiger partial charge in [-0.15, -0.1) is 11.3 Å². The normalized spacial score (nSPS) is 13.0. The molecule has 0 spiro atoms. The van der Waals surface area contributed by atoms with Gasteiger partial charge in [-0.3, -0.25) is 0 Å². The third-order valence-electron chi connectivity index (χ3n) is 3.27. The Morgan fingerprint density at radius 1 is 1.21 bits per heavy atom. The number of alkyl halides is 3. The van der Waals surface area contributed by atoms with E-state index in [2.05, 4.69) is 20.4 Å². The predicted molar refractivity (Wildman–Crippen MR) is 83.5 cm³/mol. The SMILES string of the molecule is CCC(Nc1noc(-c2ccccc2)n1)c1nc(C(F)(F)F)cs1. The zero-order chi connectivity index (χ0) is 17.2. The molecule has 0 aliphatic carbocycles. The van der Waals surface area contributed by atoms with Crippen LogP contribution in [-0.4, -0.2) is 15.1 Å². The second kappa shape index (κ2) is 6.60. The summed E-state index contributed by atoms with van der Waals surface area (Å²) >= 11 is 0.952. The van der Waals surface area contributed by atoms with Gasteiger partial charge in [0.15, 0.2) is 5.69 Å². The largest absolute Gasteiger partial charge is 0.434 e. The van der Waals surface area contributed by atoms with E-state index in [4.69, 9.17) is 4.52 Å². The zero-order valence-electron chi connectivity index (χ0n) is 12.5. The number of hydrogen-bond donors (Lipinski definition) is 1. The Morgan fingerprint density at radius 3 is 2.58 bits per heavy atom. The maximum Gasteiger partial charge on any atom is 0.434 e. The lowest BCUT2D eigenvalue weighted by Crippen LogP contribution is -2.12. The molecule has 24 heavy (non-hydrogen) atoms. The minimum atomic E-state index is -4.44. The van der Waals surface area contributed by atoms with Crippen molar-refractivity contribution in [2.45, 2.75) is 25.6 Å². The fraction of sp³-hybridized carbons (Fsp3) is 0.267. The first-order valence-corrected chi connectivity index (χ1v) is 8.03. The first kappa shape index (κ1) is 16.4. The summed E-state index contributed by atoms with van der Waals surface area (Å²) in [5.41, 5.74) is -0.124. The summed E-state index contributed by atoms with van der Waals surface area (Å²) in [5, 5.41) is 8.12. The number of halogens is 3. The third-order valence-corrected chi connectivity index (χ3v) is 4.23. The molecule has 9 heteroatoms. The average Bonchev–Trinajstić information content (AvgIpc) is 3.22. The highest BCUT2D eigenvalue weighted by atomic mass is 32.1. The van der Waals surface area contributed by atoms with Crippen LogP contribution in [0.4, 0.5) is 19.1 Å². The van der Waals surface area contributed by atoms with Crippen molar-refractivity contribution >= 4 is 17.3 Å². The molecule has 2 heterocycles. The summed E-state index contributed by atoms with van der Waals surface area (Å²) in [7, 11) is 0. The molecular formula is C15H13F3N4OS. The Kier molecular flexibility index (Phi) is 4.52. The van der Waals surface area contributed by atoms with Crippen molar-refractivity contribution < 1.29 is 17.7 Å². The van der Waals surface area contributed by atoms with Crippen LogP contribution in [-0.2, 0) is 6.18 Å². The van der Waals surface area contributed by atoms with Gasteiger partial charge in [-0.25, -0.2) is 4.98 Å². The molecule has 0 aliphatic heterocycles. The molecule has 1 unspecified atom stereocenters. The Hall–Kier alpha value is -2.42. The van der Waals surface area contributed by atoms with Gasteiger partial charge in [0.25, 0.3) is 11.8 Å². The number of rotatable bonds is 5. The van der Waals surface area contributed by atoms with Crippen LogP contribution in [0.25, 0.3) is 11.5 Å². The van der Waals surface area contributed by atoms with E-state index in [9.17, 15) is 13.2 Å². The lowest BCUT2D eigenvalue weighted by atomic mass is 10.2. The standard InChI is InChI=1S/C15H13F3N4OS/c1-2-10(13-20-11(8-24-13)15(16,17)18)19-14-21-12(23-22-14)9-6-4-3-5-7-9/h3-8,10H,2H2,1H3,(H,19,22). The highest BCUT2D eigenvalue weighted by Crippen LogP contribution is 2.33. The van der Waals surface area contributed by atoms with Crippen LogP contribution in [0.15, 0.2) is 40.2 Å². The molecule has 0 amide bonds. The van der Waals surface area contributed by atoms with E-state index in [0.717, 1.165) is 22.3 Å². The first-order valence-electron chi connectivity index (χ1n) is 7.15. The quantitative estimate of drug-likeness (QED) is 0.715. The Bertz CT molecular complexity index is 800. The number of aromatic nitrogens is 3. The molecule has 0 fully saturated rings. The molecule has 0 aliphatic rings. The Labute approximate surface area is 139 Å². The van der Waals surface area contributed by atoms with E-state index in [1.54, 1.807) is 0 Å². The summed E-state index contributed by atoms with van der Waals surface area (Å²) < 4.78 is 43.2. The van der Waals surface area contributed by atoms with Gasteiger partial charge >= 0.3 is 6.18 Å². The summed E-state index contributed by atoms with van der Waals surface area (Å²) in [5.74, 6) is 0.549. The van der Waals surface area contributed by atoms with E-state index in [-0.39, 0.29) is 5.95 Å². The maximum absolute atomic E-state index is 12.7. The van der Waals surface area contributed by atoms with E-state index < -0.39 is 17.9 Å². The van der Waals surface area contributed by atoms with E-state index >= 15 is 0 Å². The number of thiazole rings is 1. The van der Waals surface area contributed by atoms with E-state index in [0.29, 0.717) is 17.3 Å². The second-order valence-corrected chi connectivity index (χ2v) is 5.85.